The summed E-state index contributed by atoms with van der Waals surface area (Å²) in [5.41, 5.74) is 0.199. The highest BCUT2D eigenvalue weighted by Gasteiger charge is 2.23. The van der Waals surface area contributed by atoms with Crippen molar-refractivity contribution < 1.29 is 14.3 Å². The zero-order chi connectivity index (χ0) is 16.0. The molecular weight excluding hydrogens is 270 g/mol. The van der Waals surface area contributed by atoms with Crippen LogP contribution in [0.4, 0.5) is 4.79 Å². The second-order valence-corrected chi connectivity index (χ2v) is 5.88. The summed E-state index contributed by atoms with van der Waals surface area (Å²) in [6.07, 6.45) is 1.07. The van der Waals surface area contributed by atoms with Crippen LogP contribution in [0.5, 0.6) is 0 Å². The molecule has 116 valence electrons. The molecule has 1 heterocycles. The Morgan fingerprint density at radius 2 is 2.05 bits per heavy atom. The van der Waals surface area contributed by atoms with E-state index in [2.05, 4.69) is 10.3 Å². The Bertz CT molecular complexity index is 483. The standard InChI is InChI=1S/C15H23N3O3/c1-11(17-14(20)21-15(2,3)4)13(19)18(5)10-12-8-6-7-9-16-12/h6-9,11H,10H2,1-5H3,(H,17,20)/t11-/m1/s1. The van der Waals surface area contributed by atoms with Gasteiger partial charge in [-0.25, -0.2) is 4.79 Å². The molecule has 0 fully saturated rings. The maximum atomic E-state index is 12.2. The van der Waals surface area contributed by atoms with E-state index in [0.29, 0.717) is 6.54 Å². The van der Waals surface area contributed by atoms with Crippen molar-refractivity contribution in [3.8, 4) is 0 Å². The molecule has 2 amide bonds. The van der Waals surface area contributed by atoms with Crippen molar-refractivity contribution in [3.63, 3.8) is 0 Å². The lowest BCUT2D eigenvalue weighted by molar-refractivity contribution is -0.132. The Labute approximate surface area is 125 Å². The zero-order valence-electron chi connectivity index (χ0n) is 13.2. The number of pyridine rings is 1. The number of nitrogens with one attached hydrogen (secondary N) is 1. The van der Waals surface area contributed by atoms with Gasteiger partial charge >= 0.3 is 6.09 Å². The number of alkyl carbamates (subject to hydrolysis) is 1. The van der Waals surface area contributed by atoms with E-state index in [1.165, 1.54) is 4.90 Å². The lowest BCUT2D eigenvalue weighted by Crippen LogP contribution is -2.46. The minimum atomic E-state index is -0.659. The van der Waals surface area contributed by atoms with E-state index in [-0.39, 0.29) is 5.91 Å². The molecule has 0 unspecified atom stereocenters. The lowest BCUT2D eigenvalue weighted by atomic mass is 10.2. The third-order valence-corrected chi connectivity index (χ3v) is 2.61. The highest BCUT2D eigenvalue weighted by atomic mass is 16.6. The van der Waals surface area contributed by atoms with Crippen LogP contribution in [0.1, 0.15) is 33.4 Å². The minimum absolute atomic E-state index is 0.202. The molecule has 1 aromatic rings. The monoisotopic (exact) mass is 293 g/mol. The van der Waals surface area contributed by atoms with Gasteiger partial charge in [-0.2, -0.15) is 0 Å². The molecule has 0 saturated carbocycles. The minimum Gasteiger partial charge on any atom is -0.444 e. The number of hydrogen-bond donors (Lipinski definition) is 1. The third-order valence-electron chi connectivity index (χ3n) is 2.61. The number of nitrogens with zero attached hydrogens (tertiary/aromatic N) is 2. The van der Waals surface area contributed by atoms with Crippen LogP contribution in [0.2, 0.25) is 0 Å². The molecule has 0 radical (unpaired) electrons. The SMILES string of the molecule is C[C@@H](NC(=O)OC(C)(C)C)C(=O)N(C)Cc1ccccn1. The Morgan fingerprint density at radius 3 is 2.57 bits per heavy atom. The molecule has 0 spiro atoms. The number of aromatic nitrogens is 1. The van der Waals surface area contributed by atoms with E-state index < -0.39 is 17.7 Å². The van der Waals surface area contributed by atoms with Crippen molar-refractivity contribution in [2.75, 3.05) is 7.05 Å². The Kier molecular flexibility index (Phi) is 5.69. The average Bonchev–Trinajstić information content (AvgIpc) is 2.36. The van der Waals surface area contributed by atoms with Crippen molar-refractivity contribution in [1.82, 2.24) is 15.2 Å². The Hall–Kier alpha value is -2.11. The number of ether oxygens (including phenoxy) is 1. The van der Waals surface area contributed by atoms with Gasteiger partial charge in [0.2, 0.25) is 5.91 Å². The van der Waals surface area contributed by atoms with Crippen LogP contribution < -0.4 is 5.32 Å². The summed E-state index contributed by atoms with van der Waals surface area (Å²) < 4.78 is 5.12. The van der Waals surface area contributed by atoms with Crippen molar-refractivity contribution in [1.29, 1.82) is 0 Å². The number of likely N-dealkylation sites (N-methyl/N-ethyl adjacent to an activating group) is 1. The van der Waals surface area contributed by atoms with E-state index >= 15 is 0 Å². The fraction of sp³-hybridized carbons (Fsp3) is 0.533. The molecule has 6 heteroatoms. The summed E-state index contributed by atoms with van der Waals surface area (Å²) >= 11 is 0. The molecule has 0 aliphatic rings. The van der Waals surface area contributed by atoms with Crippen LogP contribution >= 0.6 is 0 Å². The predicted octanol–water partition coefficient (Wildman–Crippen LogP) is 1.95. The van der Waals surface area contributed by atoms with Gasteiger partial charge in [0.15, 0.2) is 0 Å². The fourth-order valence-corrected chi connectivity index (χ4v) is 1.69. The van der Waals surface area contributed by atoms with E-state index in [0.717, 1.165) is 5.69 Å². The molecule has 0 aromatic carbocycles. The maximum absolute atomic E-state index is 12.2. The zero-order valence-corrected chi connectivity index (χ0v) is 13.2. The van der Waals surface area contributed by atoms with Crippen LogP contribution in [0, 0.1) is 0 Å². The van der Waals surface area contributed by atoms with E-state index in [9.17, 15) is 9.59 Å². The van der Waals surface area contributed by atoms with E-state index in [4.69, 9.17) is 4.74 Å². The Balaban J connectivity index is 2.52. The van der Waals surface area contributed by atoms with Crippen LogP contribution in [0.3, 0.4) is 0 Å². The van der Waals surface area contributed by atoms with Gasteiger partial charge in [-0.05, 0) is 39.8 Å². The molecule has 0 aliphatic carbocycles. The molecule has 1 N–H and O–H groups in total. The van der Waals surface area contributed by atoms with Gasteiger partial charge in [0.25, 0.3) is 0 Å². The molecule has 6 nitrogen and oxygen atoms in total. The van der Waals surface area contributed by atoms with Gasteiger partial charge in [-0.3, -0.25) is 9.78 Å². The first-order valence-electron chi connectivity index (χ1n) is 6.83. The molecule has 0 bridgehead atoms. The summed E-state index contributed by atoms with van der Waals surface area (Å²) in [5, 5.41) is 2.53. The van der Waals surface area contributed by atoms with Crippen LogP contribution in [0.25, 0.3) is 0 Å². The summed E-state index contributed by atoms with van der Waals surface area (Å²) in [6, 6.07) is 4.87. The number of rotatable bonds is 4. The quantitative estimate of drug-likeness (QED) is 0.921. The summed E-state index contributed by atoms with van der Waals surface area (Å²) in [5.74, 6) is -0.202. The fourth-order valence-electron chi connectivity index (χ4n) is 1.69. The van der Waals surface area contributed by atoms with Gasteiger partial charge < -0.3 is 15.0 Å². The predicted molar refractivity (Wildman–Crippen MR) is 79.5 cm³/mol. The average molecular weight is 293 g/mol. The molecule has 0 saturated heterocycles. The van der Waals surface area contributed by atoms with Gasteiger partial charge in [-0.15, -0.1) is 0 Å². The maximum Gasteiger partial charge on any atom is 0.408 e. The molecule has 1 atom stereocenters. The molecule has 1 aromatic heterocycles. The second kappa shape index (κ2) is 7.06. The van der Waals surface area contributed by atoms with Crippen molar-refractivity contribution >= 4 is 12.0 Å². The van der Waals surface area contributed by atoms with Crippen molar-refractivity contribution in [2.45, 2.75) is 45.9 Å². The number of hydrogen-bond acceptors (Lipinski definition) is 4. The third kappa shape index (κ3) is 6.25. The summed E-state index contributed by atoms with van der Waals surface area (Å²) in [7, 11) is 1.67. The summed E-state index contributed by atoms with van der Waals surface area (Å²) in [4.78, 5) is 29.5. The highest BCUT2D eigenvalue weighted by molar-refractivity contribution is 5.85. The van der Waals surface area contributed by atoms with E-state index in [1.807, 2.05) is 18.2 Å². The smallest absolute Gasteiger partial charge is 0.408 e. The first-order valence-corrected chi connectivity index (χ1v) is 6.83. The van der Waals surface area contributed by atoms with Gasteiger partial charge in [0, 0.05) is 13.2 Å². The Morgan fingerprint density at radius 1 is 1.38 bits per heavy atom. The van der Waals surface area contributed by atoms with Crippen molar-refractivity contribution in [3.05, 3.63) is 30.1 Å². The molecule has 1 rings (SSSR count). The molecular formula is C15H23N3O3. The number of carbonyl (C=O) groups excluding carboxylic acids is 2. The largest absolute Gasteiger partial charge is 0.444 e. The first-order chi connectivity index (χ1) is 9.69. The van der Waals surface area contributed by atoms with Gasteiger partial charge in [0.1, 0.15) is 11.6 Å². The highest BCUT2D eigenvalue weighted by Crippen LogP contribution is 2.07. The molecule has 0 aliphatic heterocycles. The van der Waals surface area contributed by atoms with E-state index in [1.54, 1.807) is 40.9 Å². The first kappa shape index (κ1) is 16.9. The lowest BCUT2D eigenvalue weighted by Gasteiger charge is -2.24. The number of amides is 2. The van der Waals surface area contributed by atoms with Gasteiger partial charge in [-0.1, -0.05) is 6.07 Å². The van der Waals surface area contributed by atoms with Crippen LogP contribution in [-0.2, 0) is 16.1 Å². The molecule has 21 heavy (non-hydrogen) atoms. The van der Waals surface area contributed by atoms with Crippen molar-refractivity contribution in [2.24, 2.45) is 0 Å². The summed E-state index contributed by atoms with van der Waals surface area (Å²) in [6.45, 7) is 7.33. The van der Waals surface area contributed by atoms with Crippen LogP contribution in [-0.4, -0.2) is 40.6 Å². The second-order valence-electron chi connectivity index (χ2n) is 5.88. The van der Waals surface area contributed by atoms with Crippen LogP contribution in [0.15, 0.2) is 24.4 Å². The normalized spacial score (nSPS) is 12.4. The number of carbonyl (C=O) groups is 2. The topological polar surface area (TPSA) is 71.5 Å². The van der Waals surface area contributed by atoms with Gasteiger partial charge in [0.05, 0.1) is 12.2 Å².